The van der Waals surface area contributed by atoms with Gasteiger partial charge in [0, 0.05) is 19.3 Å². The van der Waals surface area contributed by atoms with Gasteiger partial charge in [-0.2, -0.15) is 10.2 Å². The highest BCUT2D eigenvalue weighted by molar-refractivity contribution is 6.31. The van der Waals surface area contributed by atoms with Crippen LogP contribution in [0, 0.1) is 0 Å². The lowest BCUT2D eigenvalue weighted by Gasteiger charge is -2.17. The van der Waals surface area contributed by atoms with Gasteiger partial charge < -0.3 is 5.73 Å². The van der Waals surface area contributed by atoms with E-state index in [1.165, 1.54) is 0 Å². The number of halogens is 1. The van der Waals surface area contributed by atoms with Gasteiger partial charge in [-0.3, -0.25) is 9.36 Å². The molecule has 92 valence electrons. The molecule has 6 heteroatoms. The maximum Gasteiger partial charge on any atom is 0.0909 e. The molecule has 0 amide bonds. The zero-order valence-electron chi connectivity index (χ0n) is 10.1. The second-order valence-electron chi connectivity index (χ2n) is 4.27. The molecule has 2 aromatic heterocycles. The smallest absolute Gasteiger partial charge is 0.0909 e. The van der Waals surface area contributed by atoms with Crippen molar-refractivity contribution in [3.05, 3.63) is 34.9 Å². The molecule has 2 N–H and O–H groups in total. The van der Waals surface area contributed by atoms with Crippen LogP contribution in [-0.4, -0.2) is 19.6 Å². The van der Waals surface area contributed by atoms with Crippen LogP contribution in [0.25, 0.3) is 0 Å². The van der Waals surface area contributed by atoms with Crippen LogP contribution in [0.3, 0.4) is 0 Å². The second-order valence-corrected chi connectivity index (χ2v) is 4.68. The zero-order valence-corrected chi connectivity index (χ0v) is 10.9. The lowest BCUT2D eigenvalue weighted by Crippen LogP contribution is -2.21. The van der Waals surface area contributed by atoms with E-state index >= 15 is 0 Å². The Labute approximate surface area is 105 Å². The molecule has 17 heavy (non-hydrogen) atoms. The molecule has 0 fully saturated rings. The van der Waals surface area contributed by atoms with Gasteiger partial charge in [-0.1, -0.05) is 11.6 Å². The Balaban J connectivity index is 2.47. The number of hydrogen-bond acceptors (Lipinski definition) is 3. The van der Waals surface area contributed by atoms with E-state index in [-0.39, 0.29) is 12.1 Å². The van der Waals surface area contributed by atoms with Crippen LogP contribution in [0.2, 0.25) is 5.02 Å². The van der Waals surface area contributed by atoms with E-state index in [1.54, 1.807) is 17.1 Å². The molecule has 2 heterocycles. The summed E-state index contributed by atoms with van der Waals surface area (Å²) in [4.78, 5) is 0. The molecule has 2 rings (SSSR count). The maximum atomic E-state index is 6.24. The fourth-order valence-corrected chi connectivity index (χ4v) is 2.13. The Morgan fingerprint density at radius 3 is 2.59 bits per heavy atom. The summed E-state index contributed by atoms with van der Waals surface area (Å²) in [6, 6.07) is 1.79. The highest BCUT2D eigenvalue weighted by atomic mass is 35.5. The Bertz CT molecular complexity index is 514. The summed E-state index contributed by atoms with van der Waals surface area (Å²) in [5.41, 5.74) is 7.98. The second kappa shape index (κ2) is 4.50. The van der Waals surface area contributed by atoms with Crippen molar-refractivity contribution in [1.29, 1.82) is 0 Å². The predicted octanol–water partition coefficient (Wildman–Crippen LogP) is 1.90. The lowest BCUT2D eigenvalue weighted by atomic mass is 10.1. The van der Waals surface area contributed by atoms with Crippen LogP contribution >= 0.6 is 11.6 Å². The minimum absolute atomic E-state index is 0.219. The van der Waals surface area contributed by atoms with E-state index < -0.39 is 0 Å². The summed E-state index contributed by atoms with van der Waals surface area (Å²) in [7, 11) is 1.86. The van der Waals surface area contributed by atoms with Crippen LogP contribution < -0.4 is 5.73 Å². The molecule has 0 aliphatic heterocycles. The maximum absolute atomic E-state index is 6.24. The molecule has 0 spiro atoms. The van der Waals surface area contributed by atoms with E-state index in [9.17, 15) is 0 Å². The van der Waals surface area contributed by atoms with Crippen molar-refractivity contribution < 1.29 is 0 Å². The molecule has 0 saturated carbocycles. The number of nitrogens with zero attached hydrogens (tertiary/aromatic N) is 4. The van der Waals surface area contributed by atoms with Crippen LogP contribution in [0.4, 0.5) is 0 Å². The number of aryl methyl sites for hydroxylation is 1. The summed E-state index contributed by atoms with van der Waals surface area (Å²) in [5.74, 6) is 0. The lowest BCUT2D eigenvalue weighted by molar-refractivity contribution is 0.493. The molecule has 1 atom stereocenters. The molecule has 1 unspecified atom stereocenters. The summed E-state index contributed by atoms with van der Waals surface area (Å²) < 4.78 is 3.60. The van der Waals surface area contributed by atoms with Gasteiger partial charge in [0.2, 0.25) is 0 Å². The van der Waals surface area contributed by atoms with E-state index in [4.69, 9.17) is 17.3 Å². The van der Waals surface area contributed by atoms with E-state index in [0.29, 0.717) is 5.02 Å². The van der Waals surface area contributed by atoms with E-state index in [2.05, 4.69) is 10.2 Å². The van der Waals surface area contributed by atoms with Crippen LogP contribution in [0.5, 0.6) is 0 Å². The molecule has 0 aromatic carbocycles. The van der Waals surface area contributed by atoms with Crippen molar-refractivity contribution in [2.24, 2.45) is 12.8 Å². The third kappa shape index (κ3) is 2.08. The van der Waals surface area contributed by atoms with Crippen LogP contribution in [0.15, 0.2) is 18.5 Å². The van der Waals surface area contributed by atoms with Gasteiger partial charge in [0.1, 0.15) is 0 Å². The molecule has 0 aliphatic carbocycles. The quantitative estimate of drug-likeness (QED) is 0.909. The molecular weight excluding hydrogens is 238 g/mol. The number of aromatic nitrogens is 4. The minimum Gasteiger partial charge on any atom is -0.318 e. The third-order valence-electron chi connectivity index (χ3n) is 2.75. The van der Waals surface area contributed by atoms with Crippen LogP contribution in [0.1, 0.15) is 37.3 Å². The normalized spacial score (nSPS) is 13.3. The largest absolute Gasteiger partial charge is 0.318 e. The van der Waals surface area contributed by atoms with Crippen molar-refractivity contribution in [3.8, 4) is 0 Å². The molecular formula is C11H16ClN5. The van der Waals surface area contributed by atoms with Gasteiger partial charge in [0.25, 0.3) is 0 Å². The van der Waals surface area contributed by atoms with Gasteiger partial charge in [-0.15, -0.1) is 0 Å². The van der Waals surface area contributed by atoms with Gasteiger partial charge in [0.15, 0.2) is 0 Å². The summed E-state index contributed by atoms with van der Waals surface area (Å²) in [6.45, 7) is 4.09. The van der Waals surface area contributed by atoms with Crippen LogP contribution in [-0.2, 0) is 7.05 Å². The first-order valence-electron chi connectivity index (χ1n) is 5.48. The first-order valence-corrected chi connectivity index (χ1v) is 5.86. The molecule has 0 radical (unpaired) electrons. The molecule has 0 saturated heterocycles. The van der Waals surface area contributed by atoms with Gasteiger partial charge in [0.05, 0.1) is 28.6 Å². The number of nitrogens with two attached hydrogens (primary N) is 1. The zero-order chi connectivity index (χ0) is 12.6. The number of rotatable bonds is 3. The van der Waals surface area contributed by atoms with Crippen molar-refractivity contribution in [2.75, 3.05) is 0 Å². The first kappa shape index (κ1) is 12.1. The Kier molecular flexibility index (Phi) is 3.22. The standard InChI is InChI=1S/C11H16ClN5/c1-7(2)17-11(8(12)6-15-17)10(13)9-4-5-14-16(9)3/h4-7,10H,13H2,1-3H3. The van der Waals surface area contributed by atoms with Crippen molar-refractivity contribution in [2.45, 2.75) is 25.9 Å². The van der Waals surface area contributed by atoms with Gasteiger partial charge in [-0.25, -0.2) is 0 Å². The Morgan fingerprint density at radius 2 is 2.06 bits per heavy atom. The predicted molar refractivity (Wildman–Crippen MR) is 66.9 cm³/mol. The van der Waals surface area contributed by atoms with E-state index in [1.807, 2.05) is 31.6 Å². The SMILES string of the molecule is CC(C)n1ncc(Cl)c1C(N)c1ccnn1C. The molecule has 2 aromatic rings. The van der Waals surface area contributed by atoms with Gasteiger partial charge in [-0.05, 0) is 19.9 Å². The van der Waals surface area contributed by atoms with Gasteiger partial charge >= 0.3 is 0 Å². The highest BCUT2D eigenvalue weighted by Crippen LogP contribution is 2.27. The van der Waals surface area contributed by atoms with Crippen molar-refractivity contribution >= 4 is 11.6 Å². The average Bonchev–Trinajstić information content (AvgIpc) is 2.83. The minimum atomic E-state index is -0.320. The average molecular weight is 254 g/mol. The summed E-state index contributed by atoms with van der Waals surface area (Å²) in [5, 5.41) is 8.96. The monoisotopic (exact) mass is 253 g/mol. The summed E-state index contributed by atoms with van der Waals surface area (Å²) >= 11 is 6.16. The highest BCUT2D eigenvalue weighted by Gasteiger charge is 2.21. The Morgan fingerprint density at radius 1 is 1.35 bits per heavy atom. The molecule has 0 aliphatic rings. The third-order valence-corrected chi connectivity index (χ3v) is 3.04. The van der Waals surface area contributed by atoms with Crippen molar-refractivity contribution in [1.82, 2.24) is 19.6 Å². The molecule has 5 nitrogen and oxygen atoms in total. The fourth-order valence-electron chi connectivity index (χ4n) is 1.88. The topological polar surface area (TPSA) is 61.7 Å². The number of hydrogen-bond donors (Lipinski definition) is 1. The molecule has 0 bridgehead atoms. The van der Waals surface area contributed by atoms with E-state index in [0.717, 1.165) is 11.4 Å². The first-order chi connectivity index (χ1) is 8.02. The van der Waals surface area contributed by atoms with Crippen molar-refractivity contribution in [3.63, 3.8) is 0 Å². The summed E-state index contributed by atoms with van der Waals surface area (Å²) in [6.07, 6.45) is 3.35. The Hall–Kier alpha value is -1.33. The fraction of sp³-hybridized carbons (Fsp3) is 0.455.